The molecule has 1 fully saturated rings. The van der Waals surface area contributed by atoms with E-state index in [1.807, 2.05) is 6.07 Å². The standard InChI is InChI=1S/C18H27NO2/c1-20-15-9-7-14-8-10-17(18(19)16(14)11-15)21-12-13-5-3-2-4-6-13/h7,9,11,13,17-18H,2-6,8,10,12,19H2,1H3. The van der Waals surface area contributed by atoms with E-state index in [2.05, 4.69) is 12.1 Å². The molecular formula is C18H27NO2. The van der Waals surface area contributed by atoms with Crippen LogP contribution in [0.1, 0.15) is 55.7 Å². The fourth-order valence-electron chi connectivity index (χ4n) is 3.72. The van der Waals surface area contributed by atoms with Crippen molar-refractivity contribution in [2.75, 3.05) is 13.7 Å². The van der Waals surface area contributed by atoms with Crippen LogP contribution in [0.3, 0.4) is 0 Å². The molecule has 2 atom stereocenters. The second-order valence-electron chi connectivity index (χ2n) is 6.51. The highest BCUT2D eigenvalue weighted by atomic mass is 16.5. The van der Waals surface area contributed by atoms with Crippen LogP contribution in [-0.2, 0) is 11.2 Å². The quantitative estimate of drug-likeness (QED) is 0.921. The molecule has 3 heteroatoms. The van der Waals surface area contributed by atoms with E-state index >= 15 is 0 Å². The minimum atomic E-state index is -0.0209. The first-order valence-electron chi connectivity index (χ1n) is 8.32. The van der Waals surface area contributed by atoms with E-state index in [-0.39, 0.29) is 12.1 Å². The lowest BCUT2D eigenvalue weighted by Gasteiger charge is -2.33. The van der Waals surface area contributed by atoms with Crippen LogP contribution in [-0.4, -0.2) is 19.8 Å². The molecule has 2 aliphatic carbocycles. The Bertz CT molecular complexity index is 468. The van der Waals surface area contributed by atoms with E-state index < -0.39 is 0 Å². The number of ether oxygens (including phenoxy) is 2. The van der Waals surface area contributed by atoms with Gasteiger partial charge < -0.3 is 15.2 Å². The molecule has 116 valence electrons. The number of fused-ring (bicyclic) bond motifs is 1. The Morgan fingerprint density at radius 1 is 1.14 bits per heavy atom. The van der Waals surface area contributed by atoms with Crippen molar-refractivity contribution in [3.63, 3.8) is 0 Å². The first kappa shape index (κ1) is 14.9. The summed E-state index contributed by atoms with van der Waals surface area (Å²) in [6, 6.07) is 6.23. The summed E-state index contributed by atoms with van der Waals surface area (Å²) >= 11 is 0. The smallest absolute Gasteiger partial charge is 0.119 e. The van der Waals surface area contributed by atoms with Crippen molar-refractivity contribution in [2.45, 2.75) is 57.1 Å². The lowest BCUT2D eigenvalue weighted by Crippen LogP contribution is -2.35. The van der Waals surface area contributed by atoms with Gasteiger partial charge in [-0.1, -0.05) is 25.3 Å². The topological polar surface area (TPSA) is 44.5 Å². The molecule has 0 radical (unpaired) electrons. The molecule has 2 aliphatic rings. The Morgan fingerprint density at radius 3 is 2.71 bits per heavy atom. The number of methoxy groups -OCH3 is 1. The van der Waals surface area contributed by atoms with Gasteiger partial charge in [-0.3, -0.25) is 0 Å². The van der Waals surface area contributed by atoms with E-state index in [0.29, 0.717) is 0 Å². The van der Waals surface area contributed by atoms with E-state index in [1.165, 1.54) is 43.2 Å². The Morgan fingerprint density at radius 2 is 1.95 bits per heavy atom. The second kappa shape index (κ2) is 6.80. The van der Waals surface area contributed by atoms with Gasteiger partial charge in [0, 0.05) is 6.61 Å². The van der Waals surface area contributed by atoms with Crippen molar-refractivity contribution in [3.05, 3.63) is 29.3 Å². The minimum absolute atomic E-state index is 0.0209. The fraction of sp³-hybridized carbons (Fsp3) is 0.667. The van der Waals surface area contributed by atoms with Gasteiger partial charge in [-0.05, 0) is 54.9 Å². The average Bonchev–Trinajstić information content (AvgIpc) is 2.55. The van der Waals surface area contributed by atoms with E-state index in [1.54, 1.807) is 7.11 Å². The zero-order valence-electron chi connectivity index (χ0n) is 13.0. The maximum absolute atomic E-state index is 6.45. The largest absolute Gasteiger partial charge is 0.497 e. The van der Waals surface area contributed by atoms with Crippen LogP contribution in [0.25, 0.3) is 0 Å². The van der Waals surface area contributed by atoms with Crippen molar-refractivity contribution < 1.29 is 9.47 Å². The van der Waals surface area contributed by atoms with E-state index in [4.69, 9.17) is 15.2 Å². The molecule has 1 aromatic carbocycles. The maximum Gasteiger partial charge on any atom is 0.119 e. The maximum atomic E-state index is 6.45. The van der Waals surface area contributed by atoms with Gasteiger partial charge in [0.1, 0.15) is 5.75 Å². The van der Waals surface area contributed by atoms with Crippen molar-refractivity contribution in [1.29, 1.82) is 0 Å². The molecule has 0 aliphatic heterocycles. The zero-order valence-corrected chi connectivity index (χ0v) is 13.0. The fourth-order valence-corrected chi connectivity index (χ4v) is 3.72. The molecule has 0 saturated heterocycles. The number of benzene rings is 1. The van der Waals surface area contributed by atoms with Crippen LogP contribution in [0.4, 0.5) is 0 Å². The minimum Gasteiger partial charge on any atom is -0.497 e. The average molecular weight is 289 g/mol. The van der Waals surface area contributed by atoms with Gasteiger partial charge in [0.15, 0.2) is 0 Å². The first-order valence-corrected chi connectivity index (χ1v) is 8.32. The first-order chi connectivity index (χ1) is 10.3. The van der Waals surface area contributed by atoms with Gasteiger partial charge in [-0.15, -0.1) is 0 Å². The summed E-state index contributed by atoms with van der Waals surface area (Å²) in [6.45, 7) is 0.887. The molecule has 3 nitrogen and oxygen atoms in total. The normalized spacial score (nSPS) is 26.4. The van der Waals surface area contributed by atoms with Crippen LogP contribution in [0, 0.1) is 5.92 Å². The van der Waals surface area contributed by atoms with Crippen LogP contribution in [0.2, 0.25) is 0 Å². The molecule has 0 aromatic heterocycles. The van der Waals surface area contributed by atoms with Crippen molar-refractivity contribution in [2.24, 2.45) is 11.7 Å². The van der Waals surface area contributed by atoms with E-state index in [0.717, 1.165) is 31.1 Å². The van der Waals surface area contributed by atoms with Crippen LogP contribution >= 0.6 is 0 Å². The summed E-state index contributed by atoms with van der Waals surface area (Å²) in [5.74, 6) is 1.63. The number of hydrogen-bond donors (Lipinski definition) is 1. The van der Waals surface area contributed by atoms with Crippen molar-refractivity contribution >= 4 is 0 Å². The van der Waals surface area contributed by atoms with E-state index in [9.17, 15) is 0 Å². The Kier molecular flexibility index (Phi) is 4.81. The summed E-state index contributed by atoms with van der Waals surface area (Å²) in [7, 11) is 1.70. The Hall–Kier alpha value is -1.06. The molecular weight excluding hydrogens is 262 g/mol. The summed E-state index contributed by atoms with van der Waals surface area (Å²) in [4.78, 5) is 0. The lowest BCUT2D eigenvalue weighted by molar-refractivity contribution is -0.00192. The van der Waals surface area contributed by atoms with Crippen LogP contribution in [0.5, 0.6) is 5.75 Å². The monoisotopic (exact) mass is 289 g/mol. The molecule has 2 N–H and O–H groups in total. The zero-order chi connectivity index (χ0) is 14.7. The van der Waals surface area contributed by atoms with Gasteiger partial charge in [-0.25, -0.2) is 0 Å². The summed E-state index contributed by atoms with van der Waals surface area (Å²) in [5.41, 5.74) is 9.00. The predicted molar refractivity (Wildman–Crippen MR) is 84.6 cm³/mol. The second-order valence-corrected chi connectivity index (χ2v) is 6.51. The van der Waals surface area contributed by atoms with Crippen molar-refractivity contribution in [3.8, 4) is 5.75 Å². The molecule has 1 aromatic rings. The molecule has 0 heterocycles. The van der Waals surface area contributed by atoms with Gasteiger partial charge >= 0.3 is 0 Å². The highest BCUT2D eigenvalue weighted by molar-refractivity contribution is 5.39. The predicted octanol–water partition coefficient (Wildman–Crippen LogP) is 3.61. The molecule has 0 amide bonds. The third-order valence-corrected chi connectivity index (χ3v) is 5.08. The number of nitrogens with two attached hydrogens (primary N) is 1. The molecule has 3 rings (SSSR count). The van der Waals surface area contributed by atoms with Gasteiger partial charge in [-0.2, -0.15) is 0 Å². The molecule has 0 spiro atoms. The van der Waals surface area contributed by atoms with Crippen molar-refractivity contribution in [1.82, 2.24) is 0 Å². The summed E-state index contributed by atoms with van der Waals surface area (Å²) < 4.78 is 11.5. The molecule has 1 saturated carbocycles. The summed E-state index contributed by atoms with van der Waals surface area (Å²) in [5, 5.41) is 0. The number of aryl methyl sites for hydroxylation is 1. The highest BCUT2D eigenvalue weighted by Gasteiger charge is 2.28. The number of rotatable bonds is 4. The Balaban J connectivity index is 1.62. The molecule has 0 bridgehead atoms. The lowest BCUT2D eigenvalue weighted by atomic mass is 9.85. The van der Waals surface area contributed by atoms with Gasteiger partial charge in [0.2, 0.25) is 0 Å². The van der Waals surface area contributed by atoms with Crippen LogP contribution in [0.15, 0.2) is 18.2 Å². The molecule has 21 heavy (non-hydrogen) atoms. The third-order valence-electron chi connectivity index (χ3n) is 5.08. The summed E-state index contributed by atoms with van der Waals surface area (Å²) in [6.07, 6.45) is 9.03. The third kappa shape index (κ3) is 3.41. The highest BCUT2D eigenvalue weighted by Crippen LogP contribution is 2.33. The SMILES string of the molecule is COc1ccc2c(c1)C(N)C(OCC1CCCCC1)CC2. The van der Waals surface area contributed by atoms with Gasteiger partial charge in [0.25, 0.3) is 0 Å². The van der Waals surface area contributed by atoms with Crippen LogP contribution < -0.4 is 10.5 Å². The number of hydrogen-bond acceptors (Lipinski definition) is 3. The Labute approximate surface area is 127 Å². The molecule has 2 unspecified atom stereocenters. The van der Waals surface area contributed by atoms with Gasteiger partial charge in [0.05, 0.1) is 19.3 Å².